The predicted octanol–water partition coefficient (Wildman–Crippen LogP) is 11.5. The number of hydrogen-bond donors (Lipinski definition) is 0. The van der Waals surface area contributed by atoms with E-state index in [0.29, 0.717) is 0 Å². The molecule has 0 aromatic rings. The average molecular weight is 1470 g/mol. The molecule has 0 aliphatic carbocycles. The van der Waals surface area contributed by atoms with E-state index in [9.17, 15) is 0 Å². The predicted molar refractivity (Wildman–Crippen MR) is 381 cm³/mol. The van der Waals surface area contributed by atoms with Gasteiger partial charge < -0.3 is 66.8 Å². The van der Waals surface area contributed by atoms with E-state index in [1.165, 1.54) is 69.5 Å². The van der Waals surface area contributed by atoms with Gasteiger partial charge in [0, 0.05) is 18.3 Å². The van der Waals surface area contributed by atoms with E-state index in [-0.39, 0.29) is 28.1 Å². The highest BCUT2D eigenvalue weighted by atomic mass is 28.5. The molecule has 6 radical (unpaired) electrons. The van der Waals surface area contributed by atoms with E-state index in [1.54, 1.807) is 0 Å². The molecule has 4 heterocycles. The van der Waals surface area contributed by atoms with Crippen molar-refractivity contribution in [2.75, 3.05) is 0 Å². The molecule has 486 valence electrons. The lowest BCUT2D eigenvalue weighted by molar-refractivity contribution is 0.151. The van der Waals surface area contributed by atoms with Crippen LogP contribution in [0.3, 0.4) is 0 Å². The Balaban J connectivity index is 1.43. The summed E-state index contributed by atoms with van der Waals surface area (Å²) in [5.74, 6) is 0. The van der Waals surface area contributed by atoms with E-state index >= 15 is 0 Å². The molecule has 0 saturated carbocycles. The van der Waals surface area contributed by atoms with Crippen molar-refractivity contribution in [3.63, 3.8) is 0 Å². The monoisotopic (exact) mass is 1470 g/mol. The molecule has 4 rings (SSSR count). The normalized spacial score (nSPS) is 30.6. The molecule has 4 saturated heterocycles. The fourth-order valence-electron chi connectivity index (χ4n) is 11.7. The van der Waals surface area contributed by atoms with Crippen molar-refractivity contribution < 1.29 is 66.8 Å². The molecule has 0 bridgehead atoms. The van der Waals surface area contributed by atoms with Crippen LogP contribution in [-0.2, 0) is 66.8 Å². The molecule has 4 aliphatic heterocycles. The minimum absolute atomic E-state index is 0.240. The second-order valence-electron chi connectivity index (χ2n) is 26.6. The molecule has 13 atom stereocenters. The Morgan fingerprint density at radius 2 is 0.843 bits per heavy atom. The molecule has 0 amide bonds. The summed E-state index contributed by atoms with van der Waals surface area (Å²) in [5, 5.41) is 0. The Hall–Kier alpha value is 3.26. The third-order valence-electron chi connectivity index (χ3n) is 15.4. The molecular formula is C49H122O16Si18. The molecule has 0 aromatic carbocycles. The second-order valence-corrected chi connectivity index (χ2v) is 74.1. The first kappa shape index (κ1) is 78.7. The van der Waals surface area contributed by atoms with Crippen LogP contribution in [0.5, 0.6) is 0 Å². The Bertz CT molecular complexity index is 1510. The maximum absolute atomic E-state index is 7.69. The van der Waals surface area contributed by atoms with Crippen LogP contribution < -0.4 is 0 Å². The summed E-state index contributed by atoms with van der Waals surface area (Å²) in [6.45, 7) is 41.1. The maximum atomic E-state index is 7.69. The van der Waals surface area contributed by atoms with Crippen LogP contribution in [0, 0.1) is 0 Å². The molecule has 13 unspecified atom stereocenters. The fourth-order valence-corrected chi connectivity index (χ4v) is 69.3. The molecule has 4 aliphatic rings. The van der Waals surface area contributed by atoms with Gasteiger partial charge in [-0.05, 0) is 191 Å². The van der Waals surface area contributed by atoms with Crippen LogP contribution >= 0.6 is 0 Å². The van der Waals surface area contributed by atoms with Gasteiger partial charge in [0.1, 0.15) is 0 Å². The zero-order chi connectivity index (χ0) is 61.1. The molecule has 0 N–H and O–H groups in total. The van der Waals surface area contributed by atoms with Crippen molar-refractivity contribution in [1.82, 2.24) is 0 Å². The van der Waals surface area contributed by atoms with E-state index in [2.05, 4.69) is 119 Å². The molecule has 83 heavy (non-hydrogen) atoms. The summed E-state index contributed by atoms with van der Waals surface area (Å²) in [6.07, 6.45) is 19.3. The molecule has 0 spiro atoms. The lowest BCUT2D eigenvalue weighted by Crippen LogP contribution is -2.64. The quantitative estimate of drug-likeness (QED) is 0.0432. The fraction of sp³-hybridized carbons (Fsp3) is 1.00. The van der Waals surface area contributed by atoms with Crippen LogP contribution in [0.15, 0.2) is 0 Å². The molecule has 0 aromatic heterocycles. The number of rotatable bonds is 36. The molecule has 34 heteroatoms. The first-order chi connectivity index (χ1) is 39.2. The third kappa shape index (κ3) is 36.5. The van der Waals surface area contributed by atoms with E-state index < -0.39 is 153 Å². The van der Waals surface area contributed by atoms with Gasteiger partial charge in [-0.1, -0.05) is 103 Å². The van der Waals surface area contributed by atoms with Crippen LogP contribution in [0.1, 0.15) is 124 Å². The molecule has 4 fully saturated rings. The summed E-state index contributed by atoms with van der Waals surface area (Å²) in [5.41, 5.74) is 1.22. The first-order valence-corrected chi connectivity index (χ1v) is 71.8. The lowest BCUT2D eigenvalue weighted by atomic mass is 10.2. The Morgan fingerprint density at radius 3 is 1.41 bits per heavy atom. The van der Waals surface area contributed by atoms with Gasteiger partial charge in [-0.25, -0.2) is 0 Å². The van der Waals surface area contributed by atoms with Crippen molar-refractivity contribution in [2.24, 2.45) is 0 Å². The second kappa shape index (κ2) is 41.9. The van der Waals surface area contributed by atoms with Gasteiger partial charge in [0.15, 0.2) is 61.1 Å². The van der Waals surface area contributed by atoms with Crippen molar-refractivity contribution in [3.8, 4) is 0 Å². The van der Waals surface area contributed by atoms with Gasteiger partial charge in [0.25, 0.3) is 27.9 Å². The SMILES string of the molecule is CC1C[SiH](C)O[SiH](C)O[Si](CCCCCC[Si](C)(C)O[Si](O[Si]CCCCCC[Si]2O[SiH](C)CC(C)O[SiH](C)O2)(O[Si](C)(C)CCCCCC[Si]2CC(C)O[SiH](C)O[SiH](C)O2)O[Si](C)(C)CCCCCC[Si]2O[SiH](C)C[SiH](C)O[SiH](C)O2)O1. The smallest absolute Gasteiger partial charge is 0.442 e. The van der Waals surface area contributed by atoms with Crippen molar-refractivity contribution in [2.45, 2.75) is 312 Å². The highest BCUT2D eigenvalue weighted by Gasteiger charge is 2.55. The summed E-state index contributed by atoms with van der Waals surface area (Å²) >= 11 is 0. The largest absolute Gasteiger partial charge is 0.636 e. The topological polar surface area (TPSA) is 148 Å². The standard InChI is InChI=1S/C49H122O16Si18/c1-47-43-68(5)56-78(60-72(9)50-47)38-30-20-19-27-35-66-53-83(63-80(13,14)40-32-24-21-28-36-76-45-49(3)51-71(8)58-75(12)59-76,64-81(15,16)41-33-25-22-29-37-77-52-48(2)44-67(4)54-73(10)61-77)65-82(17,18)42-34-26-23-31-39-79-57-70(7)46-69(6)55-74(11)62-79/h47-49,67-75H,19-46H2,1-18H3. The first-order valence-electron chi connectivity index (χ1n) is 33.0. The molecule has 16 nitrogen and oxygen atoms in total. The average Bonchev–Trinajstić information content (AvgIpc) is 3.44. The highest BCUT2D eigenvalue weighted by molar-refractivity contribution is 6.90. The van der Waals surface area contributed by atoms with Crippen molar-refractivity contribution in [3.05, 3.63) is 0 Å². The van der Waals surface area contributed by atoms with Crippen LogP contribution in [0.25, 0.3) is 0 Å². The van der Waals surface area contributed by atoms with Gasteiger partial charge >= 0.3 is 55.5 Å². The summed E-state index contributed by atoms with van der Waals surface area (Å²) in [7, 11) is -28.0. The third-order valence-corrected chi connectivity index (χ3v) is 71.4. The Morgan fingerprint density at radius 1 is 0.410 bits per heavy atom. The van der Waals surface area contributed by atoms with Gasteiger partial charge in [0.05, 0.1) is 0 Å². The zero-order valence-corrected chi connectivity index (χ0v) is 75.2. The van der Waals surface area contributed by atoms with Gasteiger partial charge in [-0.3, -0.25) is 0 Å². The van der Waals surface area contributed by atoms with E-state index in [0.717, 1.165) is 105 Å². The minimum Gasteiger partial charge on any atom is -0.442 e. The maximum Gasteiger partial charge on any atom is 0.636 e. The Labute approximate surface area is 537 Å². The Kier molecular flexibility index (Phi) is 39.7. The summed E-state index contributed by atoms with van der Waals surface area (Å²) in [6, 6.07) is 11.7. The zero-order valence-electron chi connectivity index (χ0n) is 55.8. The van der Waals surface area contributed by atoms with Crippen LogP contribution in [-0.4, -0.2) is 182 Å². The van der Waals surface area contributed by atoms with Crippen LogP contribution in [0.4, 0.5) is 0 Å². The van der Waals surface area contributed by atoms with E-state index in [4.69, 9.17) is 66.8 Å². The highest BCUT2D eigenvalue weighted by Crippen LogP contribution is 2.34. The van der Waals surface area contributed by atoms with Crippen molar-refractivity contribution in [1.29, 1.82) is 0 Å². The minimum atomic E-state index is -3.63. The molecular weight excluding hydrogens is 1350 g/mol. The van der Waals surface area contributed by atoms with Gasteiger partial charge in [0.2, 0.25) is 18.8 Å². The lowest BCUT2D eigenvalue weighted by Gasteiger charge is -2.43. The van der Waals surface area contributed by atoms with E-state index in [1.807, 2.05) is 0 Å². The summed E-state index contributed by atoms with van der Waals surface area (Å²) < 4.78 is 107. The van der Waals surface area contributed by atoms with Gasteiger partial charge in [-0.2, -0.15) is 0 Å². The number of hydrogen-bond acceptors (Lipinski definition) is 16. The van der Waals surface area contributed by atoms with Crippen LogP contribution in [0.2, 0.25) is 170 Å². The summed E-state index contributed by atoms with van der Waals surface area (Å²) in [4.78, 5) is 0. The van der Waals surface area contributed by atoms with Gasteiger partial charge in [-0.15, -0.1) is 0 Å². The number of unbranched alkanes of at least 4 members (excludes halogenated alkanes) is 12. The van der Waals surface area contributed by atoms with Crippen molar-refractivity contribution >= 4 is 163 Å².